The first-order valence-electron chi connectivity index (χ1n) is 8.35. The normalized spacial score (nSPS) is 22.7. The maximum absolute atomic E-state index is 12.6. The monoisotopic (exact) mass is 344 g/mol. The highest BCUT2D eigenvalue weighted by molar-refractivity contribution is 7.09. The third kappa shape index (κ3) is 2.98. The molecule has 3 atom stereocenters. The van der Waals surface area contributed by atoms with E-state index >= 15 is 0 Å². The summed E-state index contributed by atoms with van der Waals surface area (Å²) < 4.78 is 11.2. The predicted octanol–water partition coefficient (Wildman–Crippen LogP) is 3.29. The van der Waals surface area contributed by atoms with Gasteiger partial charge >= 0.3 is 0 Å². The first-order valence-corrected chi connectivity index (χ1v) is 9.23. The lowest BCUT2D eigenvalue weighted by atomic mass is 10.1. The molecule has 1 amide bonds. The van der Waals surface area contributed by atoms with Gasteiger partial charge in [0, 0.05) is 17.5 Å². The number of ether oxygens (including phenoxy) is 2. The van der Waals surface area contributed by atoms with Crippen LogP contribution in [-0.2, 0) is 4.79 Å². The smallest absolute Gasteiger partial charge is 0.224 e. The summed E-state index contributed by atoms with van der Waals surface area (Å²) in [7, 11) is 0. The summed E-state index contributed by atoms with van der Waals surface area (Å²) >= 11 is 1.59. The maximum atomic E-state index is 12.6. The van der Waals surface area contributed by atoms with Crippen molar-refractivity contribution < 1.29 is 14.3 Å². The van der Waals surface area contributed by atoms with Gasteiger partial charge in [-0.25, -0.2) is 4.98 Å². The molecule has 1 aliphatic carbocycles. The molecule has 5 nitrogen and oxygen atoms in total. The molecule has 1 fully saturated rings. The summed E-state index contributed by atoms with van der Waals surface area (Å²) in [6, 6.07) is 6.02. The number of aromatic nitrogens is 1. The van der Waals surface area contributed by atoms with Gasteiger partial charge in [-0.2, -0.15) is 0 Å². The molecule has 3 unspecified atom stereocenters. The summed E-state index contributed by atoms with van der Waals surface area (Å²) in [5, 5.41) is 6.06. The third-order valence-electron chi connectivity index (χ3n) is 4.60. The minimum absolute atomic E-state index is 0.0130. The number of hydrogen-bond donors (Lipinski definition) is 1. The van der Waals surface area contributed by atoms with Gasteiger partial charge in [0.05, 0.1) is 6.04 Å². The lowest BCUT2D eigenvalue weighted by Crippen LogP contribution is -2.29. The molecule has 0 saturated heterocycles. The summed E-state index contributed by atoms with van der Waals surface area (Å²) in [4.78, 5) is 16.9. The van der Waals surface area contributed by atoms with Crippen molar-refractivity contribution in [2.45, 2.75) is 31.7 Å². The van der Waals surface area contributed by atoms with E-state index in [4.69, 9.17) is 9.47 Å². The van der Waals surface area contributed by atoms with Crippen LogP contribution in [0.4, 0.5) is 0 Å². The van der Waals surface area contributed by atoms with Gasteiger partial charge in [0.1, 0.15) is 18.2 Å². The van der Waals surface area contributed by atoms with Crippen LogP contribution in [0.15, 0.2) is 29.8 Å². The molecule has 2 aliphatic rings. The first kappa shape index (κ1) is 15.4. The molecule has 1 N–H and O–H groups in total. The van der Waals surface area contributed by atoms with Gasteiger partial charge in [0.15, 0.2) is 11.5 Å². The van der Waals surface area contributed by atoms with Crippen molar-refractivity contribution in [2.24, 2.45) is 5.92 Å². The highest BCUT2D eigenvalue weighted by Crippen LogP contribution is 2.49. The van der Waals surface area contributed by atoms with E-state index in [-0.39, 0.29) is 23.8 Å². The Morgan fingerprint density at radius 1 is 1.38 bits per heavy atom. The summed E-state index contributed by atoms with van der Waals surface area (Å²) in [5.74, 6) is 2.02. The molecule has 1 aromatic heterocycles. The highest BCUT2D eigenvalue weighted by atomic mass is 32.1. The molecule has 0 bridgehead atoms. The van der Waals surface area contributed by atoms with Crippen LogP contribution in [0.5, 0.6) is 11.5 Å². The molecule has 2 aromatic rings. The number of fused-ring (bicyclic) bond motifs is 1. The van der Waals surface area contributed by atoms with E-state index in [2.05, 4.69) is 17.2 Å². The van der Waals surface area contributed by atoms with Crippen molar-refractivity contribution in [3.05, 3.63) is 40.3 Å². The molecule has 1 aromatic carbocycles. The second-order valence-electron chi connectivity index (χ2n) is 6.19. The van der Waals surface area contributed by atoms with Crippen molar-refractivity contribution in [1.29, 1.82) is 0 Å². The summed E-state index contributed by atoms with van der Waals surface area (Å²) in [6.07, 6.45) is 3.52. The number of hydrogen-bond acceptors (Lipinski definition) is 5. The van der Waals surface area contributed by atoms with Gasteiger partial charge in [-0.3, -0.25) is 4.79 Å². The van der Waals surface area contributed by atoms with E-state index in [0.717, 1.165) is 34.9 Å². The van der Waals surface area contributed by atoms with Crippen molar-refractivity contribution in [3.63, 3.8) is 0 Å². The second kappa shape index (κ2) is 6.43. The second-order valence-corrected chi connectivity index (χ2v) is 7.12. The fraction of sp³-hybridized carbons (Fsp3) is 0.444. The van der Waals surface area contributed by atoms with Crippen LogP contribution in [0, 0.1) is 5.92 Å². The van der Waals surface area contributed by atoms with Crippen molar-refractivity contribution in [2.75, 3.05) is 13.2 Å². The van der Waals surface area contributed by atoms with Gasteiger partial charge in [-0.15, -0.1) is 11.3 Å². The molecular formula is C18H20N2O3S. The molecular weight excluding hydrogens is 324 g/mol. The van der Waals surface area contributed by atoms with E-state index in [1.807, 2.05) is 23.6 Å². The zero-order valence-electron chi connectivity index (χ0n) is 13.5. The van der Waals surface area contributed by atoms with E-state index in [0.29, 0.717) is 13.2 Å². The topological polar surface area (TPSA) is 60.5 Å². The third-order valence-corrected chi connectivity index (χ3v) is 5.49. The van der Waals surface area contributed by atoms with Crippen molar-refractivity contribution >= 4 is 17.2 Å². The first-order chi connectivity index (χ1) is 11.8. The minimum Gasteiger partial charge on any atom is -0.486 e. The van der Waals surface area contributed by atoms with Crippen LogP contribution in [-0.4, -0.2) is 24.1 Å². The van der Waals surface area contributed by atoms with Crippen LogP contribution >= 0.6 is 11.3 Å². The van der Waals surface area contributed by atoms with Crippen molar-refractivity contribution in [3.8, 4) is 11.5 Å². The Morgan fingerprint density at radius 2 is 2.21 bits per heavy atom. The molecule has 6 heteroatoms. The summed E-state index contributed by atoms with van der Waals surface area (Å²) in [5.41, 5.74) is 1.15. The van der Waals surface area contributed by atoms with Crippen LogP contribution in [0.25, 0.3) is 0 Å². The number of nitrogens with zero attached hydrogens (tertiary/aromatic N) is 1. The standard InChI is InChI=1S/C18H20N2O3S/c1-2-14(18-19-5-8-24-18)20-17(21)13-10-12(13)11-3-4-15-16(9-11)23-7-6-22-15/h3-5,8-9,12-14H,2,6-7,10H2,1H3,(H,20,21). The van der Waals surface area contributed by atoms with Crippen molar-refractivity contribution in [1.82, 2.24) is 10.3 Å². The quantitative estimate of drug-likeness (QED) is 0.904. The number of rotatable bonds is 5. The number of benzene rings is 1. The SMILES string of the molecule is CCC(NC(=O)C1CC1c1ccc2c(c1)OCCO2)c1nccs1. The average Bonchev–Trinajstić information content (AvgIpc) is 3.25. The lowest BCUT2D eigenvalue weighted by molar-refractivity contribution is -0.123. The van der Waals surface area contributed by atoms with E-state index in [9.17, 15) is 4.79 Å². The van der Waals surface area contributed by atoms with E-state index in [1.165, 1.54) is 0 Å². The van der Waals surface area contributed by atoms with Crippen LogP contribution in [0.3, 0.4) is 0 Å². The fourth-order valence-electron chi connectivity index (χ4n) is 3.17. The molecule has 1 saturated carbocycles. The van der Waals surface area contributed by atoms with Gasteiger partial charge < -0.3 is 14.8 Å². The fourth-order valence-corrected chi connectivity index (χ4v) is 3.94. The molecule has 2 heterocycles. The predicted molar refractivity (Wildman–Crippen MR) is 91.6 cm³/mol. The van der Waals surface area contributed by atoms with E-state index in [1.54, 1.807) is 17.5 Å². The highest BCUT2D eigenvalue weighted by Gasteiger charge is 2.44. The molecule has 0 spiro atoms. The Morgan fingerprint density at radius 3 is 2.96 bits per heavy atom. The summed E-state index contributed by atoms with van der Waals surface area (Å²) in [6.45, 7) is 3.24. The maximum Gasteiger partial charge on any atom is 0.224 e. The number of nitrogens with one attached hydrogen (secondary N) is 1. The molecule has 1 aliphatic heterocycles. The van der Waals surface area contributed by atoms with Gasteiger partial charge in [0.25, 0.3) is 0 Å². The number of carbonyl (C=O) groups excluding carboxylic acids is 1. The Labute approximate surface area is 145 Å². The zero-order chi connectivity index (χ0) is 16.5. The van der Waals surface area contributed by atoms with Gasteiger partial charge in [-0.1, -0.05) is 13.0 Å². The van der Waals surface area contributed by atoms with Crippen LogP contribution in [0.1, 0.15) is 42.3 Å². The Balaban J connectivity index is 1.41. The molecule has 24 heavy (non-hydrogen) atoms. The number of carbonyl (C=O) groups is 1. The van der Waals surface area contributed by atoms with Gasteiger partial charge in [0.2, 0.25) is 5.91 Å². The Hall–Kier alpha value is -2.08. The lowest BCUT2D eigenvalue weighted by Gasteiger charge is -2.19. The molecule has 126 valence electrons. The Bertz CT molecular complexity index is 732. The minimum atomic E-state index is 0.0130. The number of amides is 1. The van der Waals surface area contributed by atoms with Gasteiger partial charge in [-0.05, 0) is 36.5 Å². The Kier molecular flexibility index (Phi) is 4.14. The molecule has 4 rings (SSSR count). The van der Waals surface area contributed by atoms with E-state index < -0.39 is 0 Å². The zero-order valence-corrected chi connectivity index (χ0v) is 14.3. The van der Waals surface area contributed by atoms with Crippen LogP contribution in [0.2, 0.25) is 0 Å². The molecule has 0 radical (unpaired) electrons. The average molecular weight is 344 g/mol. The van der Waals surface area contributed by atoms with Crippen LogP contribution < -0.4 is 14.8 Å². The number of thiazole rings is 1. The largest absolute Gasteiger partial charge is 0.486 e.